The Hall–Kier alpha value is -3.84. The Morgan fingerprint density at radius 1 is 1.17 bits per heavy atom. The first kappa shape index (κ1) is 23.9. The van der Waals surface area contributed by atoms with Gasteiger partial charge in [0.2, 0.25) is 11.8 Å². The fourth-order valence-corrected chi connectivity index (χ4v) is 4.92. The Labute approximate surface area is 209 Å². The molecule has 36 heavy (non-hydrogen) atoms. The van der Waals surface area contributed by atoms with E-state index in [1.54, 1.807) is 0 Å². The maximum atomic E-state index is 14.9. The van der Waals surface area contributed by atoms with Crippen molar-refractivity contribution < 1.29 is 17.5 Å². The minimum atomic E-state index is -4.23. The van der Waals surface area contributed by atoms with Gasteiger partial charge >= 0.3 is 0 Å². The standard InChI is InChI=1S/C22H19ClFN7O4S/c1-31-19-16(10-26-22(29-19)27-12-3-4-12)28-18(21(31)32)14-8-13(5-6-15(14)24)30-36(33,34)17-7-11(23)9-25-20(17)35-2/h5-10,12,30H,3-4H2,1-2H3,(H,26,27,29). The van der Waals surface area contributed by atoms with Crippen molar-refractivity contribution in [2.24, 2.45) is 7.05 Å². The largest absolute Gasteiger partial charge is 0.480 e. The number of anilines is 2. The third-order valence-corrected chi connectivity index (χ3v) is 7.04. The summed E-state index contributed by atoms with van der Waals surface area (Å²) in [5.41, 5.74) is -0.504. The number of sulfonamides is 1. The lowest BCUT2D eigenvalue weighted by Crippen LogP contribution is -2.22. The zero-order chi connectivity index (χ0) is 25.6. The molecule has 0 radical (unpaired) electrons. The highest BCUT2D eigenvalue weighted by atomic mass is 35.5. The van der Waals surface area contributed by atoms with Gasteiger partial charge in [-0.25, -0.2) is 27.8 Å². The van der Waals surface area contributed by atoms with Crippen molar-refractivity contribution in [1.82, 2.24) is 24.5 Å². The molecular weight excluding hydrogens is 513 g/mol. The Morgan fingerprint density at radius 2 is 1.94 bits per heavy atom. The fourth-order valence-electron chi connectivity index (χ4n) is 3.51. The molecule has 0 bridgehead atoms. The average molecular weight is 532 g/mol. The average Bonchev–Trinajstić information content (AvgIpc) is 3.67. The van der Waals surface area contributed by atoms with Crippen LogP contribution < -0.4 is 20.3 Å². The van der Waals surface area contributed by atoms with E-state index in [2.05, 4.69) is 30.0 Å². The van der Waals surface area contributed by atoms with Crippen LogP contribution in [0.15, 0.2) is 46.3 Å². The molecule has 0 unspecified atom stereocenters. The monoisotopic (exact) mass is 531 g/mol. The number of fused-ring (bicyclic) bond motifs is 1. The van der Waals surface area contributed by atoms with Crippen LogP contribution in [0.3, 0.4) is 0 Å². The molecule has 1 saturated carbocycles. The molecule has 186 valence electrons. The van der Waals surface area contributed by atoms with Crippen LogP contribution in [0.1, 0.15) is 12.8 Å². The molecule has 3 aromatic heterocycles. The number of benzene rings is 1. The number of nitrogens with zero attached hydrogens (tertiary/aromatic N) is 5. The van der Waals surface area contributed by atoms with Gasteiger partial charge in [0.15, 0.2) is 10.5 Å². The van der Waals surface area contributed by atoms with Gasteiger partial charge in [-0.15, -0.1) is 0 Å². The molecule has 1 aliphatic carbocycles. The van der Waals surface area contributed by atoms with Gasteiger partial charge in [0.25, 0.3) is 15.6 Å². The van der Waals surface area contributed by atoms with Crippen molar-refractivity contribution in [2.75, 3.05) is 17.1 Å². The first-order valence-corrected chi connectivity index (χ1v) is 12.5. The Kier molecular flexibility index (Phi) is 5.96. The van der Waals surface area contributed by atoms with E-state index in [0.29, 0.717) is 12.0 Å². The Morgan fingerprint density at radius 3 is 2.67 bits per heavy atom. The molecular formula is C22H19ClFN7O4S. The van der Waals surface area contributed by atoms with Crippen LogP contribution in [0.5, 0.6) is 5.88 Å². The van der Waals surface area contributed by atoms with E-state index in [9.17, 15) is 17.6 Å². The van der Waals surface area contributed by atoms with E-state index < -0.39 is 21.4 Å². The predicted octanol–water partition coefficient (Wildman–Crippen LogP) is 2.96. The lowest BCUT2D eigenvalue weighted by molar-refractivity contribution is 0.385. The number of halogens is 2. The third-order valence-electron chi connectivity index (χ3n) is 5.46. The van der Waals surface area contributed by atoms with E-state index in [1.165, 1.54) is 49.3 Å². The van der Waals surface area contributed by atoms with Crippen molar-refractivity contribution in [2.45, 2.75) is 23.8 Å². The van der Waals surface area contributed by atoms with Crippen LogP contribution in [-0.2, 0) is 17.1 Å². The molecule has 1 fully saturated rings. The van der Waals surface area contributed by atoms with Gasteiger partial charge < -0.3 is 10.1 Å². The first-order chi connectivity index (χ1) is 17.2. The van der Waals surface area contributed by atoms with Crippen molar-refractivity contribution in [1.29, 1.82) is 0 Å². The highest BCUT2D eigenvalue weighted by molar-refractivity contribution is 7.92. The van der Waals surface area contributed by atoms with Crippen LogP contribution >= 0.6 is 11.6 Å². The van der Waals surface area contributed by atoms with Crippen molar-refractivity contribution in [3.05, 3.63) is 57.9 Å². The number of ether oxygens (including phenoxy) is 1. The van der Waals surface area contributed by atoms with Crippen LogP contribution in [0.4, 0.5) is 16.0 Å². The number of nitrogens with one attached hydrogen (secondary N) is 2. The second-order valence-corrected chi connectivity index (χ2v) is 10.2. The molecule has 3 heterocycles. The lowest BCUT2D eigenvalue weighted by Gasteiger charge is -2.13. The fraction of sp³-hybridized carbons (Fsp3) is 0.227. The van der Waals surface area contributed by atoms with E-state index in [1.807, 2.05) is 0 Å². The van der Waals surface area contributed by atoms with E-state index >= 15 is 0 Å². The van der Waals surface area contributed by atoms with Gasteiger partial charge in [-0.2, -0.15) is 4.98 Å². The smallest absolute Gasteiger partial charge is 0.278 e. The summed E-state index contributed by atoms with van der Waals surface area (Å²) in [6, 6.07) is 4.91. The summed E-state index contributed by atoms with van der Waals surface area (Å²) < 4.78 is 49.4. The molecule has 1 aliphatic rings. The van der Waals surface area contributed by atoms with Crippen molar-refractivity contribution in [3.8, 4) is 17.1 Å². The molecule has 0 saturated heterocycles. The predicted molar refractivity (Wildman–Crippen MR) is 131 cm³/mol. The van der Waals surface area contributed by atoms with Crippen LogP contribution in [-0.4, -0.2) is 46.1 Å². The van der Waals surface area contributed by atoms with Crippen LogP contribution in [0, 0.1) is 5.82 Å². The summed E-state index contributed by atoms with van der Waals surface area (Å²) in [5.74, 6) is -0.560. The second kappa shape index (κ2) is 8.99. The summed E-state index contributed by atoms with van der Waals surface area (Å²) in [6.45, 7) is 0. The molecule has 14 heteroatoms. The number of aromatic nitrogens is 5. The van der Waals surface area contributed by atoms with Crippen LogP contribution in [0.25, 0.3) is 22.4 Å². The molecule has 1 aromatic carbocycles. The SMILES string of the molecule is COc1ncc(Cl)cc1S(=O)(=O)Nc1ccc(F)c(-c2nc3cnc(NC4CC4)nc3n(C)c2=O)c1. The molecule has 4 aromatic rings. The number of hydrogen-bond donors (Lipinski definition) is 2. The van der Waals surface area contributed by atoms with Crippen molar-refractivity contribution >= 4 is 44.4 Å². The molecule has 5 rings (SSSR count). The van der Waals surface area contributed by atoms with Gasteiger partial charge in [0.1, 0.15) is 17.0 Å². The van der Waals surface area contributed by atoms with Gasteiger partial charge in [-0.05, 0) is 37.1 Å². The maximum absolute atomic E-state index is 14.9. The normalized spacial score (nSPS) is 13.6. The number of aryl methyl sites for hydroxylation is 1. The molecule has 0 atom stereocenters. The van der Waals surface area contributed by atoms with Gasteiger partial charge in [-0.1, -0.05) is 11.6 Å². The molecule has 0 aliphatic heterocycles. The topological polar surface area (TPSA) is 141 Å². The molecule has 0 amide bonds. The molecule has 11 nitrogen and oxygen atoms in total. The number of methoxy groups -OCH3 is 1. The van der Waals surface area contributed by atoms with E-state index in [4.69, 9.17) is 16.3 Å². The summed E-state index contributed by atoms with van der Waals surface area (Å²) in [7, 11) is -1.47. The number of rotatable bonds is 7. The number of hydrogen-bond acceptors (Lipinski definition) is 9. The number of pyridine rings is 1. The van der Waals surface area contributed by atoms with Crippen molar-refractivity contribution in [3.63, 3.8) is 0 Å². The summed E-state index contributed by atoms with van der Waals surface area (Å²) in [6.07, 6.45) is 4.74. The maximum Gasteiger partial charge on any atom is 0.278 e. The zero-order valence-electron chi connectivity index (χ0n) is 19.0. The summed E-state index contributed by atoms with van der Waals surface area (Å²) >= 11 is 5.91. The third kappa shape index (κ3) is 4.54. The van der Waals surface area contributed by atoms with Gasteiger partial charge in [-0.3, -0.25) is 14.1 Å². The Balaban J connectivity index is 1.55. The zero-order valence-corrected chi connectivity index (χ0v) is 20.6. The Bertz CT molecular complexity index is 1680. The molecule has 0 spiro atoms. The first-order valence-electron chi connectivity index (χ1n) is 10.7. The minimum absolute atomic E-state index is 0.0161. The lowest BCUT2D eigenvalue weighted by atomic mass is 10.1. The highest BCUT2D eigenvalue weighted by Gasteiger charge is 2.24. The van der Waals surface area contributed by atoms with E-state index in [0.717, 1.165) is 18.9 Å². The minimum Gasteiger partial charge on any atom is -0.480 e. The van der Waals surface area contributed by atoms with Crippen LogP contribution in [0.2, 0.25) is 5.02 Å². The van der Waals surface area contributed by atoms with E-state index in [-0.39, 0.29) is 43.9 Å². The summed E-state index contributed by atoms with van der Waals surface area (Å²) in [4.78, 5) is 29.5. The molecule has 2 N–H and O–H groups in total. The van der Waals surface area contributed by atoms with Gasteiger partial charge in [0.05, 0.1) is 18.3 Å². The quantitative estimate of drug-likeness (QED) is 0.368. The highest BCUT2D eigenvalue weighted by Crippen LogP contribution is 2.29. The van der Waals surface area contributed by atoms with Gasteiger partial charge in [0, 0.05) is 30.5 Å². The second-order valence-electron chi connectivity index (χ2n) is 8.11. The summed E-state index contributed by atoms with van der Waals surface area (Å²) in [5, 5.41) is 3.23.